The number of pyridine rings is 1. The maximum Gasteiger partial charge on any atom is 0.195 e. The average molecular weight is 326 g/mol. The molecule has 2 heterocycles. The zero-order chi connectivity index (χ0) is 17.4. The summed E-state index contributed by atoms with van der Waals surface area (Å²) < 4.78 is 11.3. The Bertz CT molecular complexity index is 669. The first-order chi connectivity index (χ1) is 11.7. The van der Waals surface area contributed by atoms with Gasteiger partial charge in [-0.2, -0.15) is 0 Å². The van der Waals surface area contributed by atoms with Crippen LogP contribution in [0.3, 0.4) is 0 Å². The number of rotatable bonds is 5. The molecule has 1 aromatic carbocycles. The summed E-state index contributed by atoms with van der Waals surface area (Å²) in [5.74, 6) is 0. The fourth-order valence-electron chi connectivity index (χ4n) is 2.30. The fourth-order valence-corrected chi connectivity index (χ4v) is 2.30. The summed E-state index contributed by atoms with van der Waals surface area (Å²) in [5, 5.41) is 3.33. The van der Waals surface area contributed by atoms with Gasteiger partial charge in [-0.1, -0.05) is 38.1 Å². The average Bonchev–Trinajstić information content (AvgIpc) is 3.09. The van der Waals surface area contributed by atoms with Crippen molar-refractivity contribution in [3.05, 3.63) is 76.9 Å². The smallest absolute Gasteiger partial charge is 0.195 e. The molecule has 1 atom stereocenters. The Morgan fingerprint density at radius 2 is 1.92 bits per heavy atom. The molecule has 4 heteroatoms. The molecule has 0 bridgehead atoms. The van der Waals surface area contributed by atoms with Gasteiger partial charge in [0.25, 0.3) is 0 Å². The zero-order valence-corrected chi connectivity index (χ0v) is 14.9. The monoisotopic (exact) mass is 326 g/mol. The second-order valence-corrected chi connectivity index (χ2v) is 5.46. The molecule has 0 aliphatic carbocycles. The number of hydrogen-bond donors (Lipinski definition) is 1. The second kappa shape index (κ2) is 9.08. The maximum atomic E-state index is 5.68. The summed E-state index contributed by atoms with van der Waals surface area (Å²) in [5.41, 5.74) is 5.54. The fraction of sp³-hybridized carbons (Fsp3) is 0.350. The predicted octanol–water partition coefficient (Wildman–Crippen LogP) is 4.40. The SMILES string of the molecule is CC.Cc1ccc(C2NC(COCc3ccccn3)=CO2)cc1C. The van der Waals surface area contributed by atoms with Crippen LogP contribution in [-0.4, -0.2) is 11.6 Å². The van der Waals surface area contributed by atoms with Gasteiger partial charge in [0.1, 0.15) is 6.26 Å². The van der Waals surface area contributed by atoms with Crippen LogP contribution in [0.5, 0.6) is 0 Å². The normalized spacial score (nSPS) is 15.7. The highest BCUT2D eigenvalue weighted by molar-refractivity contribution is 5.32. The first-order valence-corrected chi connectivity index (χ1v) is 8.38. The van der Waals surface area contributed by atoms with Gasteiger partial charge >= 0.3 is 0 Å². The van der Waals surface area contributed by atoms with Crippen molar-refractivity contribution in [2.24, 2.45) is 0 Å². The molecule has 4 nitrogen and oxygen atoms in total. The van der Waals surface area contributed by atoms with Crippen LogP contribution in [0.4, 0.5) is 0 Å². The zero-order valence-electron chi connectivity index (χ0n) is 14.9. The highest BCUT2D eigenvalue weighted by Crippen LogP contribution is 2.23. The molecule has 1 unspecified atom stereocenters. The van der Waals surface area contributed by atoms with Crippen LogP contribution in [0.25, 0.3) is 0 Å². The van der Waals surface area contributed by atoms with Gasteiger partial charge in [0.05, 0.1) is 24.6 Å². The Morgan fingerprint density at radius 1 is 1.08 bits per heavy atom. The molecule has 0 saturated carbocycles. The van der Waals surface area contributed by atoms with Crippen LogP contribution >= 0.6 is 0 Å². The number of hydrogen-bond acceptors (Lipinski definition) is 4. The van der Waals surface area contributed by atoms with E-state index in [0.717, 1.165) is 17.0 Å². The Morgan fingerprint density at radius 3 is 2.62 bits per heavy atom. The van der Waals surface area contributed by atoms with Crippen LogP contribution in [0.1, 0.15) is 42.5 Å². The van der Waals surface area contributed by atoms with Crippen molar-refractivity contribution in [1.29, 1.82) is 0 Å². The van der Waals surface area contributed by atoms with Crippen molar-refractivity contribution in [3.8, 4) is 0 Å². The first-order valence-electron chi connectivity index (χ1n) is 8.38. The van der Waals surface area contributed by atoms with Gasteiger partial charge < -0.3 is 14.8 Å². The summed E-state index contributed by atoms with van der Waals surface area (Å²) in [7, 11) is 0. The van der Waals surface area contributed by atoms with E-state index in [4.69, 9.17) is 9.47 Å². The van der Waals surface area contributed by atoms with Crippen molar-refractivity contribution in [1.82, 2.24) is 10.3 Å². The minimum Gasteiger partial charge on any atom is -0.472 e. The van der Waals surface area contributed by atoms with Crippen LogP contribution < -0.4 is 5.32 Å². The topological polar surface area (TPSA) is 43.4 Å². The van der Waals surface area contributed by atoms with E-state index >= 15 is 0 Å². The molecule has 128 valence electrons. The quantitative estimate of drug-likeness (QED) is 0.884. The van der Waals surface area contributed by atoms with E-state index in [2.05, 4.69) is 42.3 Å². The van der Waals surface area contributed by atoms with Crippen LogP contribution in [0.2, 0.25) is 0 Å². The molecular weight excluding hydrogens is 300 g/mol. The number of nitrogens with one attached hydrogen (secondary N) is 1. The van der Waals surface area contributed by atoms with E-state index in [1.165, 1.54) is 11.1 Å². The second-order valence-electron chi connectivity index (χ2n) is 5.46. The molecule has 0 saturated heterocycles. The van der Waals surface area contributed by atoms with E-state index < -0.39 is 0 Å². The Hall–Kier alpha value is -2.33. The van der Waals surface area contributed by atoms with E-state index in [9.17, 15) is 0 Å². The number of ether oxygens (including phenoxy) is 2. The number of aryl methyl sites for hydroxylation is 2. The van der Waals surface area contributed by atoms with Gasteiger partial charge in [-0.25, -0.2) is 0 Å². The van der Waals surface area contributed by atoms with Gasteiger partial charge in [0.2, 0.25) is 0 Å². The van der Waals surface area contributed by atoms with Crippen molar-refractivity contribution in [2.45, 2.75) is 40.5 Å². The molecule has 0 radical (unpaired) electrons. The number of nitrogens with zero attached hydrogens (tertiary/aromatic N) is 1. The first kappa shape index (κ1) is 18.0. The lowest BCUT2D eigenvalue weighted by molar-refractivity contribution is 0.131. The number of aromatic nitrogens is 1. The molecule has 2 aromatic rings. The maximum absolute atomic E-state index is 5.68. The minimum atomic E-state index is -0.132. The van der Waals surface area contributed by atoms with Crippen LogP contribution in [0, 0.1) is 13.8 Å². The summed E-state index contributed by atoms with van der Waals surface area (Å²) >= 11 is 0. The molecule has 1 aliphatic heterocycles. The minimum absolute atomic E-state index is 0.132. The molecule has 0 amide bonds. The van der Waals surface area contributed by atoms with Gasteiger partial charge in [-0.3, -0.25) is 4.98 Å². The van der Waals surface area contributed by atoms with Crippen LogP contribution in [-0.2, 0) is 16.1 Å². The lowest BCUT2D eigenvalue weighted by Crippen LogP contribution is -2.18. The Labute approximate surface area is 144 Å². The lowest BCUT2D eigenvalue weighted by Gasteiger charge is -2.14. The standard InChI is InChI=1S/C18H20N2O2.C2H6/c1-13-6-7-15(9-14(13)2)18-20-17(12-22-18)11-21-10-16-5-3-4-8-19-16;1-2/h3-9,12,18,20H,10-11H2,1-2H3;1-2H3. The largest absolute Gasteiger partial charge is 0.472 e. The molecule has 3 rings (SSSR count). The van der Waals surface area contributed by atoms with Gasteiger partial charge in [0, 0.05) is 11.8 Å². The van der Waals surface area contributed by atoms with Gasteiger partial charge in [0.15, 0.2) is 6.23 Å². The lowest BCUT2D eigenvalue weighted by atomic mass is 10.1. The third-order valence-electron chi connectivity index (χ3n) is 3.73. The van der Waals surface area contributed by atoms with Gasteiger partial charge in [-0.15, -0.1) is 0 Å². The Kier molecular flexibility index (Phi) is 6.82. The summed E-state index contributed by atoms with van der Waals surface area (Å²) in [6.07, 6.45) is 3.37. The Balaban J connectivity index is 0.00000100. The molecule has 0 fully saturated rings. The van der Waals surface area contributed by atoms with Crippen LogP contribution in [0.15, 0.2) is 54.6 Å². The molecule has 1 aromatic heterocycles. The summed E-state index contributed by atoms with van der Waals surface area (Å²) in [6.45, 7) is 9.20. The third kappa shape index (κ3) is 4.83. The molecule has 24 heavy (non-hydrogen) atoms. The highest BCUT2D eigenvalue weighted by Gasteiger charge is 2.19. The van der Waals surface area contributed by atoms with Crippen molar-refractivity contribution in [3.63, 3.8) is 0 Å². The third-order valence-corrected chi connectivity index (χ3v) is 3.73. The van der Waals surface area contributed by atoms with E-state index in [1.807, 2.05) is 32.0 Å². The highest BCUT2D eigenvalue weighted by atomic mass is 16.5. The van der Waals surface area contributed by atoms with E-state index in [0.29, 0.717) is 13.2 Å². The van der Waals surface area contributed by atoms with Crippen molar-refractivity contribution >= 4 is 0 Å². The van der Waals surface area contributed by atoms with Crippen molar-refractivity contribution in [2.75, 3.05) is 6.61 Å². The number of benzene rings is 1. The van der Waals surface area contributed by atoms with Gasteiger partial charge in [-0.05, 0) is 37.1 Å². The molecule has 1 N–H and O–H groups in total. The summed E-state index contributed by atoms with van der Waals surface area (Å²) in [6, 6.07) is 12.2. The molecule has 0 spiro atoms. The van der Waals surface area contributed by atoms with E-state index in [-0.39, 0.29) is 6.23 Å². The summed E-state index contributed by atoms with van der Waals surface area (Å²) in [4.78, 5) is 4.23. The van der Waals surface area contributed by atoms with Crippen molar-refractivity contribution < 1.29 is 9.47 Å². The molecular formula is C20H26N2O2. The predicted molar refractivity (Wildman–Crippen MR) is 96.2 cm³/mol. The van der Waals surface area contributed by atoms with E-state index in [1.54, 1.807) is 12.5 Å². The molecule has 1 aliphatic rings.